The van der Waals surface area contributed by atoms with Crippen molar-refractivity contribution < 1.29 is 13.2 Å². The number of sulfonamides is 1. The average Bonchev–Trinajstić information content (AvgIpc) is 3.23. The van der Waals surface area contributed by atoms with Gasteiger partial charge in [-0.1, -0.05) is 26.0 Å². The van der Waals surface area contributed by atoms with E-state index in [1.54, 1.807) is 18.3 Å². The van der Waals surface area contributed by atoms with Gasteiger partial charge in [0.15, 0.2) is 0 Å². The fourth-order valence-electron chi connectivity index (χ4n) is 4.65. The van der Waals surface area contributed by atoms with E-state index in [-0.39, 0.29) is 4.90 Å². The summed E-state index contributed by atoms with van der Waals surface area (Å²) in [5, 5.41) is 4.13. The lowest BCUT2D eigenvalue weighted by Crippen LogP contribution is -2.48. The Morgan fingerprint density at radius 1 is 1.29 bits per heavy atom. The number of amides is 1. The molecule has 28 heavy (non-hydrogen) atoms. The lowest BCUT2D eigenvalue weighted by molar-refractivity contribution is -0.00126. The first-order valence-electron chi connectivity index (χ1n) is 9.94. The molecular formula is C21H27N3O3S. The van der Waals surface area contributed by atoms with Gasteiger partial charge in [-0.15, -0.1) is 0 Å². The quantitative estimate of drug-likeness (QED) is 0.608. The second-order valence-electron chi connectivity index (χ2n) is 8.58. The van der Waals surface area contributed by atoms with Crippen LogP contribution in [0.4, 0.5) is 0 Å². The Morgan fingerprint density at radius 3 is 2.71 bits per heavy atom. The number of hydrogen-bond acceptors (Lipinski definition) is 4. The van der Waals surface area contributed by atoms with Crippen molar-refractivity contribution in [3.05, 3.63) is 41.5 Å². The van der Waals surface area contributed by atoms with Crippen molar-refractivity contribution in [2.45, 2.75) is 44.4 Å². The van der Waals surface area contributed by atoms with Crippen LogP contribution in [0.3, 0.4) is 0 Å². The van der Waals surface area contributed by atoms with E-state index in [9.17, 15) is 13.2 Å². The number of carbonyl (C=O) groups excluding carboxylic acids is 1. The highest BCUT2D eigenvalue weighted by molar-refractivity contribution is 7.89. The second kappa shape index (κ2) is 7.12. The summed E-state index contributed by atoms with van der Waals surface area (Å²) >= 11 is 0. The molecule has 150 valence electrons. The molecule has 1 heterocycles. The summed E-state index contributed by atoms with van der Waals surface area (Å²) < 4.78 is 26.9. The van der Waals surface area contributed by atoms with Gasteiger partial charge in [-0.25, -0.2) is 13.8 Å². The van der Waals surface area contributed by atoms with Gasteiger partial charge in [-0.3, -0.25) is 4.79 Å². The average molecular weight is 402 g/mol. The fraction of sp³-hybridized carbons (Fsp3) is 0.524. The van der Waals surface area contributed by atoms with Crippen LogP contribution in [0.15, 0.2) is 45.9 Å². The topological polar surface area (TPSA) is 78.8 Å². The Hall–Kier alpha value is -1.99. The van der Waals surface area contributed by atoms with E-state index >= 15 is 0 Å². The van der Waals surface area contributed by atoms with E-state index in [4.69, 9.17) is 0 Å². The van der Waals surface area contributed by atoms with Gasteiger partial charge in [0.2, 0.25) is 10.0 Å². The molecule has 4 aliphatic rings. The number of nitrogens with one attached hydrogen (secondary N) is 1. The number of nitrogens with zero attached hydrogens (tertiary/aromatic N) is 2. The van der Waals surface area contributed by atoms with Crippen LogP contribution >= 0.6 is 0 Å². The first-order chi connectivity index (χ1) is 13.3. The monoisotopic (exact) mass is 401 g/mol. The van der Waals surface area contributed by atoms with Crippen molar-refractivity contribution in [3.8, 4) is 0 Å². The van der Waals surface area contributed by atoms with Crippen molar-refractivity contribution >= 4 is 22.1 Å². The third kappa shape index (κ3) is 3.31. The highest BCUT2D eigenvalue weighted by atomic mass is 32.2. The van der Waals surface area contributed by atoms with Gasteiger partial charge in [0.05, 0.1) is 11.1 Å². The lowest BCUT2D eigenvalue weighted by Gasteiger charge is -2.55. The van der Waals surface area contributed by atoms with Crippen molar-refractivity contribution in [1.82, 2.24) is 9.73 Å². The van der Waals surface area contributed by atoms with Crippen LogP contribution < -0.4 is 5.43 Å². The van der Waals surface area contributed by atoms with Crippen molar-refractivity contribution in [1.29, 1.82) is 0 Å². The molecule has 1 aromatic carbocycles. The molecule has 7 heteroatoms. The third-order valence-electron chi connectivity index (χ3n) is 6.69. The zero-order chi connectivity index (χ0) is 19.9. The van der Waals surface area contributed by atoms with Gasteiger partial charge in [-0.05, 0) is 66.7 Å². The van der Waals surface area contributed by atoms with Gasteiger partial charge < -0.3 is 0 Å². The molecule has 2 atom stereocenters. The Bertz CT molecular complexity index is 943. The third-order valence-corrected chi connectivity index (χ3v) is 8.58. The van der Waals surface area contributed by atoms with Crippen LogP contribution in [0.5, 0.6) is 0 Å². The molecule has 0 spiro atoms. The van der Waals surface area contributed by atoms with Crippen molar-refractivity contribution in [2.75, 3.05) is 13.1 Å². The molecule has 1 saturated heterocycles. The van der Waals surface area contributed by atoms with Crippen LogP contribution in [-0.4, -0.2) is 37.9 Å². The summed E-state index contributed by atoms with van der Waals surface area (Å²) in [5.74, 6) is 0.849. The van der Waals surface area contributed by atoms with Crippen molar-refractivity contribution in [2.24, 2.45) is 22.4 Å². The van der Waals surface area contributed by atoms with Crippen LogP contribution in [0.25, 0.3) is 0 Å². The predicted octanol–water partition coefficient (Wildman–Crippen LogP) is 3.18. The molecular weight excluding hydrogens is 374 g/mol. The van der Waals surface area contributed by atoms with Crippen LogP contribution in [-0.2, 0) is 10.0 Å². The smallest absolute Gasteiger partial charge is 0.267 e. The normalized spacial score (nSPS) is 26.7. The molecule has 1 N–H and O–H groups in total. The van der Waals surface area contributed by atoms with Crippen LogP contribution in [0, 0.1) is 17.3 Å². The van der Waals surface area contributed by atoms with Gasteiger partial charge in [-0.2, -0.15) is 9.41 Å². The van der Waals surface area contributed by atoms with Gasteiger partial charge in [0.1, 0.15) is 0 Å². The summed E-state index contributed by atoms with van der Waals surface area (Å²) in [4.78, 5) is 12.6. The Kier molecular flexibility index (Phi) is 4.91. The number of rotatable bonds is 5. The molecule has 3 aliphatic carbocycles. The molecule has 6 nitrogen and oxygen atoms in total. The standard InChI is InChI=1S/C21H27N3O3S/c1-21(2)17-9-8-16(19(21)13-17)14-22-23-20(25)15-6-5-7-18(12-15)28(26,27)24-10-3-4-11-24/h5-8,12,14,17,19H,3-4,9-11,13H2,1-2H3,(H,23,25)/b22-14-/t17-,19+/m0/s1. The molecule has 0 aromatic heterocycles. The maximum Gasteiger partial charge on any atom is 0.271 e. The summed E-state index contributed by atoms with van der Waals surface area (Å²) in [6.07, 6.45) is 7.96. The minimum Gasteiger partial charge on any atom is -0.267 e. The van der Waals surface area contributed by atoms with Gasteiger partial charge in [0.25, 0.3) is 5.91 Å². The minimum atomic E-state index is -3.54. The highest BCUT2D eigenvalue weighted by Crippen LogP contribution is 2.58. The highest BCUT2D eigenvalue weighted by Gasteiger charge is 2.50. The fourth-order valence-corrected chi connectivity index (χ4v) is 6.21. The molecule has 1 saturated carbocycles. The molecule has 1 amide bonds. The van der Waals surface area contributed by atoms with E-state index in [1.807, 2.05) is 0 Å². The first-order valence-corrected chi connectivity index (χ1v) is 11.4. The molecule has 2 bridgehead atoms. The summed E-state index contributed by atoms with van der Waals surface area (Å²) in [7, 11) is -3.54. The van der Waals surface area contributed by atoms with Gasteiger partial charge in [0, 0.05) is 18.7 Å². The van der Waals surface area contributed by atoms with Crippen molar-refractivity contribution in [3.63, 3.8) is 0 Å². The molecule has 5 rings (SSSR count). The first kappa shape index (κ1) is 19.3. The number of carbonyl (C=O) groups is 1. The maximum absolute atomic E-state index is 12.7. The number of allylic oxidation sites excluding steroid dienone is 2. The van der Waals surface area contributed by atoms with Gasteiger partial charge >= 0.3 is 0 Å². The molecule has 1 aromatic rings. The zero-order valence-electron chi connectivity index (χ0n) is 16.4. The van der Waals surface area contributed by atoms with Crippen LogP contribution in [0.1, 0.15) is 49.9 Å². The summed E-state index contributed by atoms with van der Waals surface area (Å²) in [6.45, 7) is 5.65. The van der Waals surface area contributed by atoms with E-state index in [2.05, 4.69) is 30.5 Å². The number of fused-ring (bicyclic) bond motifs is 1. The van der Waals surface area contributed by atoms with E-state index in [0.29, 0.717) is 30.0 Å². The SMILES string of the molecule is CC1(C)[C@H]2CC=C(/C=N\NC(=O)c3cccc(S(=O)(=O)N4CCCC4)c3)[C@H]1C2. The van der Waals surface area contributed by atoms with E-state index < -0.39 is 15.9 Å². The molecule has 0 radical (unpaired) electrons. The summed E-state index contributed by atoms with van der Waals surface area (Å²) in [5.41, 5.74) is 4.31. The Labute approximate surface area is 166 Å². The van der Waals surface area contributed by atoms with E-state index in [1.165, 1.54) is 28.4 Å². The zero-order valence-corrected chi connectivity index (χ0v) is 17.2. The number of hydrazone groups is 1. The molecule has 2 fully saturated rings. The largest absolute Gasteiger partial charge is 0.271 e. The predicted molar refractivity (Wildman–Crippen MR) is 108 cm³/mol. The number of hydrogen-bond donors (Lipinski definition) is 1. The Morgan fingerprint density at radius 2 is 2.04 bits per heavy atom. The Balaban J connectivity index is 1.44. The summed E-state index contributed by atoms with van der Waals surface area (Å²) in [6, 6.07) is 6.17. The second-order valence-corrected chi connectivity index (χ2v) is 10.5. The van der Waals surface area contributed by atoms with Crippen LogP contribution in [0.2, 0.25) is 0 Å². The van der Waals surface area contributed by atoms with E-state index in [0.717, 1.165) is 25.2 Å². The minimum absolute atomic E-state index is 0.156. The lowest BCUT2D eigenvalue weighted by atomic mass is 9.49. The molecule has 1 aliphatic heterocycles. The maximum atomic E-state index is 12.7. The molecule has 0 unspecified atom stereocenters. The number of benzene rings is 1.